The van der Waals surface area contributed by atoms with E-state index in [9.17, 15) is 4.39 Å². The van der Waals surface area contributed by atoms with Gasteiger partial charge in [0.15, 0.2) is 0 Å². The molecule has 3 heteroatoms. The van der Waals surface area contributed by atoms with Crippen LogP contribution in [0.3, 0.4) is 0 Å². The largest absolute Gasteiger partial charge is 1.00 e. The summed E-state index contributed by atoms with van der Waals surface area (Å²) in [4.78, 5) is 0. The first kappa shape index (κ1) is 9.62. The molecule has 1 aliphatic carbocycles. The van der Waals surface area contributed by atoms with Gasteiger partial charge in [0.25, 0.3) is 0 Å². The number of hydrogen-bond donors (Lipinski definition) is 0. The molecule has 56 valence electrons. The topological polar surface area (TPSA) is 0 Å². The predicted octanol–water partition coefficient (Wildman–Crippen LogP) is -1.84. The smallest absolute Gasteiger partial charge is 0.221 e. The lowest BCUT2D eigenvalue weighted by molar-refractivity contribution is -0.913. The van der Waals surface area contributed by atoms with Crippen LogP contribution in [0.15, 0.2) is 0 Å². The molecule has 9 heavy (non-hydrogen) atoms. The Kier molecular flexibility index (Phi) is 3.36. The number of halogens is 2. The SMILES string of the molecule is C[N+](C)(CF)C1CC1.[I-]. The number of quaternary nitrogens is 1. The number of alkyl halides is 1. The second-order valence-corrected chi connectivity index (χ2v) is 3.13. The quantitative estimate of drug-likeness (QED) is 0.304. The normalized spacial score (nSPS) is 19.0. The zero-order chi connectivity index (χ0) is 6.20. The molecule has 0 heterocycles. The first-order valence-electron chi connectivity index (χ1n) is 3.05. The van der Waals surface area contributed by atoms with Crippen LogP contribution >= 0.6 is 0 Å². The minimum absolute atomic E-state index is 0. The Hall–Kier alpha value is 0.620. The Bertz CT molecular complexity index is 91.1. The number of rotatable bonds is 2. The predicted molar refractivity (Wildman–Crippen MR) is 31.1 cm³/mol. The van der Waals surface area contributed by atoms with Gasteiger partial charge in [-0.15, -0.1) is 0 Å². The van der Waals surface area contributed by atoms with Gasteiger partial charge in [-0.1, -0.05) is 0 Å². The van der Waals surface area contributed by atoms with Crippen molar-refractivity contribution >= 4 is 0 Å². The van der Waals surface area contributed by atoms with E-state index in [1.54, 1.807) is 0 Å². The van der Waals surface area contributed by atoms with Gasteiger partial charge in [0.05, 0.1) is 20.1 Å². The van der Waals surface area contributed by atoms with Crippen LogP contribution in [0.1, 0.15) is 12.8 Å². The molecule has 0 aromatic rings. The van der Waals surface area contributed by atoms with Gasteiger partial charge in [0.1, 0.15) is 0 Å². The highest BCUT2D eigenvalue weighted by molar-refractivity contribution is 4.72. The van der Waals surface area contributed by atoms with Crippen molar-refractivity contribution in [3.8, 4) is 0 Å². The van der Waals surface area contributed by atoms with E-state index < -0.39 is 0 Å². The van der Waals surface area contributed by atoms with E-state index >= 15 is 0 Å². The van der Waals surface area contributed by atoms with Gasteiger partial charge in [0.2, 0.25) is 6.80 Å². The third kappa shape index (κ3) is 2.37. The summed E-state index contributed by atoms with van der Waals surface area (Å²) in [6, 6.07) is 0.625. The van der Waals surface area contributed by atoms with E-state index in [1.807, 2.05) is 14.1 Å². The molecule has 0 atom stereocenters. The fourth-order valence-corrected chi connectivity index (χ4v) is 0.871. The summed E-state index contributed by atoms with van der Waals surface area (Å²) < 4.78 is 12.6. The van der Waals surface area contributed by atoms with Crippen LogP contribution in [0.2, 0.25) is 0 Å². The minimum atomic E-state index is -0.218. The van der Waals surface area contributed by atoms with Crippen LogP contribution < -0.4 is 24.0 Å². The molecule has 0 spiro atoms. The molecule has 1 fully saturated rings. The summed E-state index contributed by atoms with van der Waals surface area (Å²) >= 11 is 0. The Balaban J connectivity index is 0.000000640. The Morgan fingerprint density at radius 2 is 1.89 bits per heavy atom. The molecule has 0 radical (unpaired) electrons. The van der Waals surface area contributed by atoms with Crippen molar-refractivity contribution in [1.82, 2.24) is 0 Å². The van der Waals surface area contributed by atoms with E-state index in [2.05, 4.69) is 0 Å². The standard InChI is InChI=1S/C6H13FN.HI/c1-8(2,5-7)6-3-4-6;/h6H,3-5H2,1-2H3;1H/q+1;/p-1. The first-order chi connectivity index (χ1) is 3.67. The molecule has 1 aliphatic rings. The molecule has 1 nitrogen and oxygen atoms in total. The van der Waals surface area contributed by atoms with Crippen LogP contribution in [-0.4, -0.2) is 31.4 Å². The second kappa shape index (κ2) is 3.14. The lowest BCUT2D eigenvalue weighted by atomic mass is 10.5. The fourth-order valence-electron chi connectivity index (χ4n) is 0.871. The summed E-state index contributed by atoms with van der Waals surface area (Å²) in [5.74, 6) is 0. The lowest BCUT2D eigenvalue weighted by Crippen LogP contribution is -3.00. The van der Waals surface area contributed by atoms with Gasteiger partial charge in [-0.05, 0) is 0 Å². The molecular weight excluding hydrogens is 232 g/mol. The summed E-state index contributed by atoms with van der Waals surface area (Å²) in [5, 5.41) is 0. The third-order valence-corrected chi connectivity index (χ3v) is 1.84. The molecular formula is C6H13FIN. The third-order valence-electron chi connectivity index (χ3n) is 1.84. The maximum Gasteiger partial charge on any atom is 0.221 e. The molecule has 0 aliphatic heterocycles. The maximum atomic E-state index is 12.0. The summed E-state index contributed by atoms with van der Waals surface area (Å²) in [6.45, 7) is -0.218. The van der Waals surface area contributed by atoms with E-state index in [0.717, 1.165) is 0 Å². The maximum absolute atomic E-state index is 12.0. The van der Waals surface area contributed by atoms with Crippen LogP contribution in [0, 0.1) is 0 Å². The molecule has 1 rings (SSSR count). The molecule has 0 amide bonds. The lowest BCUT2D eigenvalue weighted by Gasteiger charge is -2.25. The zero-order valence-corrected chi connectivity index (χ0v) is 8.06. The zero-order valence-electron chi connectivity index (χ0n) is 5.90. The van der Waals surface area contributed by atoms with E-state index in [0.29, 0.717) is 10.5 Å². The van der Waals surface area contributed by atoms with Gasteiger partial charge in [-0.25, -0.2) is 0 Å². The average Bonchev–Trinajstić information content (AvgIpc) is 2.44. The highest BCUT2D eigenvalue weighted by atomic mass is 127. The summed E-state index contributed by atoms with van der Waals surface area (Å²) in [7, 11) is 3.88. The van der Waals surface area contributed by atoms with Crippen LogP contribution in [-0.2, 0) is 0 Å². The molecule has 0 N–H and O–H groups in total. The monoisotopic (exact) mass is 245 g/mol. The number of nitrogens with zero attached hydrogens (tertiary/aromatic N) is 1. The highest BCUT2D eigenvalue weighted by Gasteiger charge is 2.37. The van der Waals surface area contributed by atoms with Gasteiger partial charge >= 0.3 is 0 Å². The van der Waals surface area contributed by atoms with Crippen LogP contribution in [0.4, 0.5) is 4.39 Å². The Labute approximate surface area is 72.8 Å². The number of hydrogen-bond acceptors (Lipinski definition) is 0. The minimum Gasteiger partial charge on any atom is -1.00 e. The molecule has 0 saturated heterocycles. The Morgan fingerprint density at radius 3 is 2.00 bits per heavy atom. The second-order valence-electron chi connectivity index (χ2n) is 3.13. The molecule has 1 saturated carbocycles. The summed E-state index contributed by atoms with van der Waals surface area (Å²) in [6.07, 6.45) is 2.44. The fraction of sp³-hybridized carbons (Fsp3) is 1.00. The molecule has 0 aromatic heterocycles. The van der Waals surface area contributed by atoms with Crippen molar-refractivity contribution < 1.29 is 32.9 Å². The van der Waals surface area contributed by atoms with Crippen LogP contribution in [0.5, 0.6) is 0 Å². The van der Waals surface area contributed by atoms with Crippen molar-refractivity contribution in [2.75, 3.05) is 20.9 Å². The van der Waals surface area contributed by atoms with Crippen molar-refractivity contribution in [3.63, 3.8) is 0 Å². The Morgan fingerprint density at radius 1 is 1.44 bits per heavy atom. The molecule has 0 aromatic carbocycles. The van der Waals surface area contributed by atoms with Crippen molar-refractivity contribution in [1.29, 1.82) is 0 Å². The van der Waals surface area contributed by atoms with Crippen LogP contribution in [0.25, 0.3) is 0 Å². The first-order valence-corrected chi connectivity index (χ1v) is 3.05. The van der Waals surface area contributed by atoms with Gasteiger partial charge in [-0.2, -0.15) is 4.39 Å². The van der Waals surface area contributed by atoms with E-state index in [-0.39, 0.29) is 30.8 Å². The van der Waals surface area contributed by atoms with Gasteiger partial charge in [-0.3, -0.25) is 4.48 Å². The average molecular weight is 245 g/mol. The van der Waals surface area contributed by atoms with Crippen molar-refractivity contribution in [2.24, 2.45) is 0 Å². The van der Waals surface area contributed by atoms with Gasteiger partial charge in [0, 0.05) is 12.8 Å². The van der Waals surface area contributed by atoms with Crippen molar-refractivity contribution in [3.05, 3.63) is 0 Å². The van der Waals surface area contributed by atoms with E-state index in [4.69, 9.17) is 0 Å². The van der Waals surface area contributed by atoms with E-state index in [1.165, 1.54) is 12.8 Å². The van der Waals surface area contributed by atoms with Gasteiger partial charge < -0.3 is 24.0 Å². The van der Waals surface area contributed by atoms with Crippen molar-refractivity contribution in [2.45, 2.75) is 18.9 Å². The summed E-state index contributed by atoms with van der Waals surface area (Å²) in [5.41, 5.74) is 0. The molecule has 0 unspecified atom stereocenters. The highest BCUT2D eigenvalue weighted by Crippen LogP contribution is 2.30. The molecule has 0 bridgehead atoms.